The van der Waals surface area contributed by atoms with Gasteiger partial charge in [-0.05, 0) is 25.2 Å². The fourth-order valence-electron chi connectivity index (χ4n) is 3.95. The summed E-state index contributed by atoms with van der Waals surface area (Å²) in [6.45, 7) is 2.19. The number of hydrogen-bond acceptors (Lipinski definition) is 5. The molecule has 2 N–H and O–H groups in total. The third kappa shape index (κ3) is 2.49. The first-order valence-corrected chi connectivity index (χ1v) is 9.26. The Kier molecular flexibility index (Phi) is 3.68. The molecule has 0 spiro atoms. The van der Waals surface area contributed by atoms with Crippen LogP contribution in [0.25, 0.3) is 22.4 Å². The Morgan fingerprint density at radius 3 is 2.57 bits per heavy atom. The number of hydrogen-bond donors (Lipinski definition) is 2. The highest BCUT2D eigenvalue weighted by Crippen LogP contribution is 2.31. The number of carbonyl (C=O) groups excluding carboxylic acids is 2. The summed E-state index contributed by atoms with van der Waals surface area (Å²) in [6.07, 6.45) is 1.46. The van der Waals surface area contributed by atoms with Gasteiger partial charge in [-0.1, -0.05) is 11.6 Å². The van der Waals surface area contributed by atoms with E-state index in [9.17, 15) is 14.4 Å². The maximum Gasteiger partial charge on any atom is 0.261 e. The van der Waals surface area contributed by atoms with E-state index in [1.54, 1.807) is 18.2 Å². The number of benzene rings is 1. The molecule has 0 saturated carbocycles. The minimum atomic E-state index is -0.372. The second-order valence-corrected chi connectivity index (χ2v) is 7.75. The molecular formula is C19H16ClN5O3. The summed E-state index contributed by atoms with van der Waals surface area (Å²) < 4.78 is 0. The summed E-state index contributed by atoms with van der Waals surface area (Å²) in [6, 6.07) is 4.79. The number of likely N-dealkylation sites (tertiary alicyclic amines) is 1. The van der Waals surface area contributed by atoms with Crippen LogP contribution in [0.15, 0.2) is 29.2 Å². The van der Waals surface area contributed by atoms with Crippen LogP contribution < -0.4 is 5.56 Å². The maximum atomic E-state index is 12.8. The Hall–Kier alpha value is -2.97. The molecule has 5 rings (SSSR count). The van der Waals surface area contributed by atoms with Crippen molar-refractivity contribution in [2.24, 2.45) is 5.92 Å². The first-order chi connectivity index (χ1) is 13.4. The number of halogens is 1. The van der Waals surface area contributed by atoms with Gasteiger partial charge in [0.05, 0.1) is 27.2 Å². The second-order valence-electron chi connectivity index (χ2n) is 7.34. The zero-order chi connectivity index (χ0) is 19.6. The fraction of sp³-hybridized carbons (Fsp3) is 0.263. The number of amides is 2. The van der Waals surface area contributed by atoms with Crippen molar-refractivity contribution in [1.29, 1.82) is 0 Å². The van der Waals surface area contributed by atoms with Crippen molar-refractivity contribution >= 4 is 34.4 Å². The molecular weight excluding hydrogens is 382 g/mol. The molecule has 8 nitrogen and oxygen atoms in total. The lowest BCUT2D eigenvalue weighted by Crippen LogP contribution is -2.50. The van der Waals surface area contributed by atoms with Gasteiger partial charge in [-0.2, -0.15) is 0 Å². The summed E-state index contributed by atoms with van der Waals surface area (Å²) in [5, 5.41) is 0.263. The molecule has 3 aromatic rings. The predicted octanol–water partition coefficient (Wildman–Crippen LogP) is 1.73. The van der Waals surface area contributed by atoms with E-state index in [1.165, 1.54) is 11.1 Å². The van der Waals surface area contributed by atoms with Gasteiger partial charge in [-0.15, -0.1) is 0 Å². The lowest BCUT2D eigenvalue weighted by Gasteiger charge is -2.37. The molecule has 2 aromatic heterocycles. The van der Waals surface area contributed by atoms with Crippen LogP contribution in [0.1, 0.15) is 20.7 Å². The third-order valence-corrected chi connectivity index (χ3v) is 5.61. The largest absolute Gasteiger partial charge is 0.338 e. The summed E-state index contributed by atoms with van der Waals surface area (Å²) in [5.74, 6) is 0.0216. The summed E-state index contributed by atoms with van der Waals surface area (Å²) >= 11 is 6.14. The molecule has 142 valence electrons. The molecule has 9 heteroatoms. The van der Waals surface area contributed by atoms with E-state index in [0.717, 1.165) is 13.1 Å². The number of nitrogens with one attached hydrogen (secondary N) is 2. The van der Waals surface area contributed by atoms with Crippen LogP contribution in [0.3, 0.4) is 0 Å². The van der Waals surface area contributed by atoms with Gasteiger partial charge in [0.25, 0.3) is 17.4 Å². The van der Waals surface area contributed by atoms with Crippen LogP contribution >= 0.6 is 11.6 Å². The molecule has 0 radical (unpaired) electrons. The number of H-pyrrole nitrogens is 2. The Bertz CT molecular complexity index is 1150. The van der Waals surface area contributed by atoms with Crippen LogP contribution in [0.2, 0.25) is 5.02 Å². The van der Waals surface area contributed by atoms with Gasteiger partial charge in [0.2, 0.25) is 0 Å². The molecule has 1 aromatic carbocycles. The maximum absolute atomic E-state index is 12.8. The van der Waals surface area contributed by atoms with Crippen molar-refractivity contribution in [3.63, 3.8) is 0 Å². The van der Waals surface area contributed by atoms with Gasteiger partial charge in [-0.3, -0.25) is 19.3 Å². The highest BCUT2D eigenvalue weighted by atomic mass is 35.5. The molecule has 1 fully saturated rings. The molecule has 1 saturated heterocycles. The van der Waals surface area contributed by atoms with E-state index in [1.807, 2.05) is 7.05 Å². The Labute approximate surface area is 164 Å². The van der Waals surface area contributed by atoms with E-state index < -0.39 is 0 Å². The number of rotatable bonds is 3. The van der Waals surface area contributed by atoms with Gasteiger partial charge in [-0.25, -0.2) is 4.98 Å². The number of imidazole rings is 1. The van der Waals surface area contributed by atoms with E-state index in [-0.39, 0.29) is 28.0 Å². The topological polar surface area (TPSA) is 102 Å². The highest BCUT2D eigenvalue weighted by molar-refractivity contribution is 6.33. The van der Waals surface area contributed by atoms with E-state index in [2.05, 4.69) is 19.9 Å². The molecule has 0 atom stereocenters. The number of aromatic nitrogens is 3. The SMILES string of the molecule is CN1CC(CN2C(=O)c3cc4nc(-c5c(Cl)cc[nH]c5=O)[nH]c4cc3C2=O)C1. The van der Waals surface area contributed by atoms with E-state index in [0.29, 0.717) is 40.4 Å². The van der Waals surface area contributed by atoms with Crippen molar-refractivity contribution < 1.29 is 9.59 Å². The van der Waals surface area contributed by atoms with Gasteiger partial charge < -0.3 is 14.9 Å². The van der Waals surface area contributed by atoms with Gasteiger partial charge in [0.1, 0.15) is 11.4 Å². The molecule has 2 aliphatic heterocycles. The van der Waals surface area contributed by atoms with Crippen molar-refractivity contribution in [2.75, 3.05) is 26.7 Å². The first kappa shape index (κ1) is 17.2. The van der Waals surface area contributed by atoms with Crippen LogP contribution in [0, 0.1) is 5.92 Å². The Morgan fingerprint density at radius 2 is 1.89 bits per heavy atom. The normalized spacial score (nSPS) is 17.4. The first-order valence-electron chi connectivity index (χ1n) is 8.88. The average molecular weight is 398 g/mol. The lowest BCUT2D eigenvalue weighted by molar-refractivity contribution is 0.0519. The van der Waals surface area contributed by atoms with Crippen LogP contribution in [-0.2, 0) is 0 Å². The standard InChI is InChI=1S/C19H16ClN5O3/c1-24-6-9(7-24)8-25-18(27)10-4-13-14(5-11(10)19(25)28)23-16(22-13)15-12(20)2-3-21-17(15)26/h2-5,9H,6-8H2,1H3,(H,21,26)(H,22,23). The number of fused-ring (bicyclic) bond motifs is 2. The fourth-order valence-corrected chi connectivity index (χ4v) is 4.19. The monoisotopic (exact) mass is 397 g/mol. The van der Waals surface area contributed by atoms with Crippen molar-refractivity contribution in [3.05, 3.63) is 50.9 Å². The Morgan fingerprint density at radius 1 is 1.18 bits per heavy atom. The average Bonchev–Trinajstić information content (AvgIpc) is 3.13. The number of nitrogens with zero attached hydrogens (tertiary/aromatic N) is 3. The van der Waals surface area contributed by atoms with Crippen molar-refractivity contribution in [2.45, 2.75) is 0 Å². The molecule has 2 amide bonds. The smallest absolute Gasteiger partial charge is 0.261 e. The van der Waals surface area contributed by atoms with E-state index in [4.69, 9.17) is 11.6 Å². The molecule has 0 bridgehead atoms. The minimum Gasteiger partial charge on any atom is -0.338 e. The number of pyridine rings is 1. The lowest BCUT2D eigenvalue weighted by atomic mass is 10.0. The second kappa shape index (κ2) is 6.02. The van der Waals surface area contributed by atoms with Crippen LogP contribution in [0.5, 0.6) is 0 Å². The summed E-state index contributed by atoms with van der Waals surface area (Å²) in [7, 11) is 2.01. The van der Waals surface area contributed by atoms with Crippen LogP contribution in [0.4, 0.5) is 0 Å². The zero-order valence-electron chi connectivity index (χ0n) is 15.0. The number of carbonyl (C=O) groups is 2. The van der Waals surface area contributed by atoms with E-state index >= 15 is 0 Å². The van der Waals surface area contributed by atoms with Gasteiger partial charge in [0.15, 0.2) is 0 Å². The van der Waals surface area contributed by atoms with Crippen LogP contribution in [-0.4, -0.2) is 63.2 Å². The van der Waals surface area contributed by atoms with Crippen molar-refractivity contribution in [1.82, 2.24) is 24.8 Å². The summed E-state index contributed by atoms with van der Waals surface area (Å²) in [4.78, 5) is 51.1. The third-order valence-electron chi connectivity index (χ3n) is 5.30. The molecule has 2 aliphatic rings. The molecule has 0 aliphatic carbocycles. The minimum absolute atomic E-state index is 0.217. The quantitative estimate of drug-likeness (QED) is 0.655. The zero-order valence-corrected chi connectivity index (χ0v) is 15.7. The molecule has 4 heterocycles. The molecule has 0 unspecified atom stereocenters. The number of imide groups is 1. The Balaban J connectivity index is 1.53. The number of aromatic amines is 2. The van der Waals surface area contributed by atoms with Crippen molar-refractivity contribution in [3.8, 4) is 11.4 Å². The van der Waals surface area contributed by atoms with Gasteiger partial charge >= 0.3 is 0 Å². The summed E-state index contributed by atoms with van der Waals surface area (Å²) in [5.41, 5.74) is 1.61. The molecule has 28 heavy (non-hydrogen) atoms. The predicted molar refractivity (Wildman–Crippen MR) is 104 cm³/mol. The highest BCUT2D eigenvalue weighted by Gasteiger charge is 2.39. The van der Waals surface area contributed by atoms with Gasteiger partial charge in [0, 0.05) is 31.7 Å².